The highest BCUT2D eigenvalue weighted by molar-refractivity contribution is 8.00. The lowest BCUT2D eigenvalue weighted by atomic mass is 10.1. The van der Waals surface area contributed by atoms with Gasteiger partial charge in [0.2, 0.25) is 5.91 Å². The van der Waals surface area contributed by atoms with Crippen LogP contribution < -0.4 is 20.1 Å². The summed E-state index contributed by atoms with van der Waals surface area (Å²) < 4.78 is 10.5. The number of amides is 2. The maximum absolute atomic E-state index is 12.4. The molecule has 0 fully saturated rings. The number of ether oxygens (including phenoxy) is 2. The molecule has 3 aromatic rings. The van der Waals surface area contributed by atoms with Gasteiger partial charge in [-0.3, -0.25) is 9.59 Å². The number of carbonyl (C=O) groups excluding carboxylic acids is 2. The van der Waals surface area contributed by atoms with Gasteiger partial charge in [-0.2, -0.15) is 0 Å². The number of anilines is 2. The molecule has 0 heterocycles. The zero-order chi connectivity index (χ0) is 22.2. The molecule has 0 saturated heterocycles. The molecule has 0 aliphatic heterocycles. The van der Waals surface area contributed by atoms with Crippen molar-refractivity contribution in [2.45, 2.75) is 11.8 Å². The summed E-state index contributed by atoms with van der Waals surface area (Å²) in [5, 5.41) is 5.73. The Morgan fingerprint density at radius 2 is 1.68 bits per heavy atom. The molecule has 0 aromatic heterocycles. The predicted octanol–water partition coefficient (Wildman–Crippen LogP) is 5.00. The normalized spacial score (nSPS) is 10.3. The van der Waals surface area contributed by atoms with Crippen molar-refractivity contribution >= 4 is 35.0 Å². The number of thioether (sulfide) groups is 1. The van der Waals surface area contributed by atoms with Crippen LogP contribution in [0.15, 0.2) is 71.6 Å². The molecule has 0 bridgehead atoms. The molecule has 2 N–H and O–H groups in total. The van der Waals surface area contributed by atoms with Gasteiger partial charge in [0.25, 0.3) is 5.91 Å². The molecule has 6 nitrogen and oxygen atoms in total. The minimum atomic E-state index is -0.159. The number of benzene rings is 3. The van der Waals surface area contributed by atoms with Crippen molar-refractivity contribution in [3.63, 3.8) is 0 Å². The van der Waals surface area contributed by atoms with Crippen LogP contribution in [0.1, 0.15) is 15.9 Å². The van der Waals surface area contributed by atoms with Gasteiger partial charge in [0, 0.05) is 22.2 Å². The first kappa shape index (κ1) is 22.2. The van der Waals surface area contributed by atoms with Crippen molar-refractivity contribution in [1.29, 1.82) is 0 Å². The lowest BCUT2D eigenvalue weighted by Crippen LogP contribution is -2.14. The Morgan fingerprint density at radius 3 is 2.35 bits per heavy atom. The van der Waals surface area contributed by atoms with Gasteiger partial charge in [-0.05, 0) is 55.5 Å². The van der Waals surface area contributed by atoms with Crippen molar-refractivity contribution < 1.29 is 19.1 Å². The van der Waals surface area contributed by atoms with Crippen molar-refractivity contribution in [3.8, 4) is 11.5 Å². The Hall–Kier alpha value is -3.45. The molecule has 0 aliphatic carbocycles. The fourth-order valence-corrected chi connectivity index (χ4v) is 3.57. The highest BCUT2D eigenvalue weighted by atomic mass is 32.2. The number of nitrogens with one attached hydrogen (secondary N) is 2. The van der Waals surface area contributed by atoms with Crippen molar-refractivity contribution in [1.82, 2.24) is 0 Å². The van der Waals surface area contributed by atoms with E-state index in [1.807, 2.05) is 49.4 Å². The summed E-state index contributed by atoms with van der Waals surface area (Å²) in [6.07, 6.45) is 0. The molecule has 0 atom stereocenters. The minimum absolute atomic E-state index is 0.157. The van der Waals surface area contributed by atoms with Gasteiger partial charge < -0.3 is 20.1 Å². The molecular formula is C24H24N2O4S. The van der Waals surface area contributed by atoms with Crippen molar-refractivity contribution in [2.75, 3.05) is 30.6 Å². The summed E-state index contributed by atoms with van der Waals surface area (Å²) in [5.74, 6) is 1.11. The Balaban J connectivity index is 1.54. The maximum Gasteiger partial charge on any atom is 0.255 e. The predicted molar refractivity (Wildman–Crippen MR) is 124 cm³/mol. The van der Waals surface area contributed by atoms with Crippen LogP contribution in [-0.4, -0.2) is 31.8 Å². The van der Waals surface area contributed by atoms with E-state index in [0.717, 1.165) is 10.5 Å². The van der Waals surface area contributed by atoms with Crippen LogP contribution in [0.5, 0.6) is 11.5 Å². The van der Waals surface area contributed by atoms with Gasteiger partial charge in [-0.1, -0.05) is 17.7 Å². The van der Waals surface area contributed by atoms with Crippen LogP contribution in [0, 0.1) is 6.92 Å². The van der Waals surface area contributed by atoms with Crippen LogP contribution in [-0.2, 0) is 4.79 Å². The zero-order valence-corrected chi connectivity index (χ0v) is 18.4. The summed E-state index contributed by atoms with van der Waals surface area (Å²) in [4.78, 5) is 25.6. The molecule has 0 unspecified atom stereocenters. The summed E-state index contributed by atoms with van der Waals surface area (Å²) >= 11 is 1.40. The van der Waals surface area contributed by atoms with E-state index in [-0.39, 0.29) is 17.6 Å². The van der Waals surface area contributed by atoms with Crippen LogP contribution in [0.4, 0.5) is 11.4 Å². The molecular weight excluding hydrogens is 412 g/mol. The molecule has 31 heavy (non-hydrogen) atoms. The summed E-state index contributed by atoms with van der Waals surface area (Å²) in [7, 11) is 3.11. The SMILES string of the molecule is COc1ccc(OC)c(NC(=O)CSc2ccc(NC(=O)c3cccc(C)c3)cc2)c1. The lowest BCUT2D eigenvalue weighted by Gasteiger charge is -2.12. The molecule has 7 heteroatoms. The fourth-order valence-electron chi connectivity index (χ4n) is 2.87. The van der Waals surface area contributed by atoms with E-state index in [2.05, 4.69) is 10.6 Å². The Bertz CT molecular complexity index is 1070. The molecule has 0 radical (unpaired) electrons. The topological polar surface area (TPSA) is 76.7 Å². The van der Waals surface area contributed by atoms with Crippen molar-refractivity contribution in [2.24, 2.45) is 0 Å². The zero-order valence-electron chi connectivity index (χ0n) is 17.6. The first-order chi connectivity index (χ1) is 15.0. The number of hydrogen-bond donors (Lipinski definition) is 2. The summed E-state index contributed by atoms with van der Waals surface area (Å²) in [6.45, 7) is 1.95. The summed E-state index contributed by atoms with van der Waals surface area (Å²) in [5.41, 5.74) is 2.90. The highest BCUT2D eigenvalue weighted by Crippen LogP contribution is 2.29. The smallest absolute Gasteiger partial charge is 0.255 e. The van der Waals surface area contributed by atoms with E-state index in [9.17, 15) is 9.59 Å². The fraction of sp³-hybridized carbons (Fsp3) is 0.167. The van der Waals surface area contributed by atoms with Gasteiger partial charge in [0.05, 0.1) is 25.7 Å². The van der Waals surface area contributed by atoms with E-state index in [1.165, 1.54) is 11.8 Å². The molecule has 0 saturated carbocycles. The lowest BCUT2D eigenvalue weighted by molar-refractivity contribution is -0.113. The third-order valence-electron chi connectivity index (χ3n) is 4.44. The number of carbonyl (C=O) groups is 2. The second kappa shape index (κ2) is 10.5. The highest BCUT2D eigenvalue weighted by Gasteiger charge is 2.10. The van der Waals surface area contributed by atoms with Crippen molar-refractivity contribution in [3.05, 3.63) is 77.9 Å². The van der Waals surface area contributed by atoms with E-state index in [0.29, 0.717) is 28.4 Å². The molecule has 2 amide bonds. The first-order valence-corrected chi connectivity index (χ1v) is 10.6. The largest absolute Gasteiger partial charge is 0.497 e. The summed E-state index contributed by atoms with van der Waals surface area (Å²) in [6, 6.07) is 20.0. The average Bonchev–Trinajstić information content (AvgIpc) is 2.78. The standard InChI is InChI=1S/C24H24N2O4S/c1-16-5-4-6-17(13-16)24(28)25-18-7-10-20(11-8-18)31-15-23(27)26-21-14-19(29-2)9-12-22(21)30-3/h4-14H,15H2,1-3H3,(H,25,28)(H,26,27). The minimum Gasteiger partial charge on any atom is -0.497 e. The van der Waals surface area contributed by atoms with Crippen LogP contribution in [0.25, 0.3) is 0 Å². The molecule has 0 aliphatic rings. The van der Waals surface area contributed by atoms with Gasteiger partial charge >= 0.3 is 0 Å². The third kappa shape index (κ3) is 6.26. The molecule has 160 valence electrons. The van der Waals surface area contributed by atoms with Gasteiger partial charge in [-0.15, -0.1) is 11.8 Å². The first-order valence-electron chi connectivity index (χ1n) is 9.61. The van der Waals surface area contributed by atoms with Crippen LogP contribution >= 0.6 is 11.8 Å². The monoisotopic (exact) mass is 436 g/mol. The number of methoxy groups -OCH3 is 2. The molecule has 3 rings (SSSR count). The Morgan fingerprint density at radius 1 is 0.903 bits per heavy atom. The number of aryl methyl sites for hydroxylation is 1. The number of hydrogen-bond acceptors (Lipinski definition) is 5. The van der Waals surface area contributed by atoms with Gasteiger partial charge in [0.15, 0.2) is 0 Å². The quantitative estimate of drug-likeness (QED) is 0.486. The van der Waals surface area contributed by atoms with Crippen LogP contribution in [0.2, 0.25) is 0 Å². The second-order valence-corrected chi connectivity index (χ2v) is 7.80. The van der Waals surface area contributed by atoms with Gasteiger partial charge in [0.1, 0.15) is 11.5 Å². The van der Waals surface area contributed by atoms with E-state index < -0.39 is 0 Å². The van der Waals surface area contributed by atoms with Crippen LogP contribution in [0.3, 0.4) is 0 Å². The van der Waals surface area contributed by atoms with Gasteiger partial charge in [-0.25, -0.2) is 0 Å². The average molecular weight is 437 g/mol. The maximum atomic E-state index is 12.4. The Kier molecular flexibility index (Phi) is 7.56. The second-order valence-electron chi connectivity index (χ2n) is 6.75. The van der Waals surface area contributed by atoms with E-state index in [1.54, 1.807) is 38.5 Å². The number of rotatable bonds is 8. The Labute approximate surface area is 186 Å². The van der Waals surface area contributed by atoms with E-state index >= 15 is 0 Å². The molecule has 3 aromatic carbocycles. The third-order valence-corrected chi connectivity index (χ3v) is 5.46. The molecule has 0 spiro atoms. The van der Waals surface area contributed by atoms with E-state index in [4.69, 9.17) is 9.47 Å².